The number of anilines is 2. The van der Waals surface area contributed by atoms with Gasteiger partial charge in [-0.15, -0.1) is 0 Å². The van der Waals surface area contributed by atoms with Crippen LogP contribution in [0.3, 0.4) is 0 Å². The lowest BCUT2D eigenvalue weighted by Crippen LogP contribution is -2.37. The third-order valence-electron chi connectivity index (χ3n) is 4.92. The molecule has 12 nitrogen and oxygen atoms in total. The van der Waals surface area contributed by atoms with Crippen molar-refractivity contribution in [3.05, 3.63) is 89.7 Å². The van der Waals surface area contributed by atoms with Gasteiger partial charge in [-0.25, -0.2) is 23.4 Å². The van der Waals surface area contributed by atoms with E-state index >= 15 is 0 Å². The number of nitrogen functional groups attached to an aromatic ring is 1. The van der Waals surface area contributed by atoms with Gasteiger partial charge in [-0.05, 0) is 17.7 Å². The number of hydrogen-bond acceptors (Lipinski definition) is 8. The van der Waals surface area contributed by atoms with Gasteiger partial charge in [0.25, 0.3) is 16.8 Å². The molecule has 1 amide bonds. The molecule has 0 spiro atoms. The number of H-pyrrole nitrogens is 1. The smallest absolute Gasteiger partial charge is 0.353 e. The van der Waals surface area contributed by atoms with Crippen LogP contribution in [-0.2, 0) is 13.1 Å². The lowest BCUT2D eigenvalue weighted by molar-refractivity contribution is 0.0688. The van der Waals surface area contributed by atoms with Gasteiger partial charge in [-0.2, -0.15) is 0 Å². The number of nitrogens with two attached hydrogens (primary N) is 1. The molecule has 4 rings (SSSR count). The Morgan fingerprint density at radius 1 is 1.15 bits per heavy atom. The number of aromatic nitrogens is 3. The van der Waals surface area contributed by atoms with Gasteiger partial charge in [-0.1, -0.05) is 6.07 Å². The molecule has 4 aromatic rings. The first-order chi connectivity index (χ1) is 15.7. The molecule has 2 aromatic heterocycles. The zero-order valence-corrected chi connectivity index (χ0v) is 16.6. The van der Waals surface area contributed by atoms with Crippen molar-refractivity contribution in [2.75, 3.05) is 11.1 Å². The summed E-state index contributed by atoms with van der Waals surface area (Å²) in [5.74, 6) is -2.71. The maximum Gasteiger partial charge on any atom is 0.353 e. The number of benzene rings is 1. The lowest BCUT2D eigenvalue weighted by Gasteiger charge is -2.12. The van der Waals surface area contributed by atoms with E-state index in [1.54, 1.807) is 0 Å². The highest BCUT2D eigenvalue weighted by molar-refractivity contribution is 5.96. The summed E-state index contributed by atoms with van der Waals surface area (Å²) >= 11 is 0. The number of rotatable bonds is 7. The molecule has 33 heavy (non-hydrogen) atoms. The van der Waals surface area contributed by atoms with Crippen molar-refractivity contribution in [3.63, 3.8) is 0 Å². The van der Waals surface area contributed by atoms with Crippen LogP contribution in [0.5, 0.6) is 0 Å². The molecule has 0 unspecified atom stereocenters. The molecule has 0 aliphatic heterocycles. The molecule has 0 fully saturated rings. The number of carbonyl (C=O) groups excluding carboxylic acids is 1. The minimum Gasteiger partial charge on any atom is -0.477 e. The van der Waals surface area contributed by atoms with Gasteiger partial charge in [0.05, 0.1) is 0 Å². The number of carboxylic acids is 1. The summed E-state index contributed by atoms with van der Waals surface area (Å²) in [6.07, 6.45) is 1.17. The molecule has 6 N–H and O–H groups in total. The Morgan fingerprint density at radius 3 is 2.61 bits per heavy atom. The molecule has 168 valence electrons. The SMILES string of the molecule is Nc1c(NCc2cc(CNC(=O)c3cc(C(=O)O)n4c(=O)[nH]cc4n3)ccc2F)c(=O)c1=O. The molecule has 0 bridgehead atoms. The third-order valence-corrected chi connectivity index (χ3v) is 4.92. The first-order valence-electron chi connectivity index (χ1n) is 9.40. The summed E-state index contributed by atoms with van der Waals surface area (Å²) in [7, 11) is 0. The highest BCUT2D eigenvalue weighted by Gasteiger charge is 2.19. The zero-order chi connectivity index (χ0) is 23.9. The Bertz CT molecular complexity index is 1560. The van der Waals surface area contributed by atoms with Crippen molar-refractivity contribution in [1.29, 1.82) is 0 Å². The topological polar surface area (TPSA) is 189 Å². The minimum atomic E-state index is -1.42. The fraction of sp³-hybridized carbons (Fsp3) is 0.100. The molecule has 0 saturated heterocycles. The number of carbonyl (C=O) groups is 2. The largest absolute Gasteiger partial charge is 0.477 e. The average molecular weight is 454 g/mol. The second kappa shape index (κ2) is 8.03. The van der Waals surface area contributed by atoms with Crippen LogP contribution in [0.15, 0.2) is 44.8 Å². The van der Waals surface area contributed by atoms with E-state index in [0.717, 1.165) is 10.5 Å². The Morgan fingerprint density at radius 2 is 1.91 bits per heavy atom. The van der Waals surface area contributed by atoms with E-state index in [9.17, 15) is 33.5 Å². The number of nitrogens with one attached hydrogen (secondary N) is 3. The van der Waals surface area contributed by atoms with Crippen LogP contribution in [0.1, 0.15) is 32.1 Å². The standard InChI is InChI=1S/C20H15FN6O6/c21-10-2-1-8(3-9(10)6-23-15-14(22)16(28)17(15)29)5-24-18(30)11-4-12(19(31)32)27-13(26-11)7-25-20(27)33/h1-4,7,23H,5-6,22H2,(H,24,30)(H,25,33)(H,31,32). The second-order valence-corrected chi connectivity index (χ2v) is 7.03. The van der Waals surface area contributed by atoms with E-state index in [0.29, 0.717) is 5.56 Å². The molecular formula is C20H15FN6O6. The number of nitrogens with zero attached hydrogens (tertiary/aromatic N) is 2. The molecule has 0 aliphatic carbocycles. The number of hydrogen-bond donors (Lipinski definition) is 5. The Hall–Kier alpha value is -4.81. The molecule has 0 radical (unpaired) electrons. The van der Waals surface area contributed by atoms with Gasteiger partial charge in [0.2, 0.25) is 0 Å². The number of halogens is 1. The fourth-order valence-electron chi connectivity index (χ4n) is 3.21. The first-order valence-corrected chi connectivity index (χ1v) is 9.40. The Kier molecular flexibility index (Phi) is 5.21. The predicted molar refractivity (Wildman–Crippen MR) is 113 cm³/mol. The van der Waals surface area contributed by atoms with Crippen molar-refractivity contribution in [2.45, 2.75) is 13.1 Å². The third kappa shape index (κ3) is 3.82. The lowest BCUT2D eigenvalue weighted by atomic mass is 10.1. The Balaban J connectivity index is 1.49. The maximum atomic E-state index is 14.1. The average Bonchev–Trinajstić information content (AvgIpc) is 3.18. The first kappa shape index (κ1) is 21.4. The predicted octanol–water partition coefficient (Wildman–Crippen LogP) is -0.420. The van der Waals surface area contributed by atoms with E-state index in [4.69, 9.17) is 5.73 Å². The van der Waals surface area contributed by atoms with Crippen molar-refractivity contribution >= 4 is 28.9 Å². The van der Waals surface area contributed by atoms with Gasteiger partial charge in [-0.3, -0.25) is 14.4 Å². The molecule has 0 saturated carbocycles. The van der Waals surface area contributed by atoms with Crippen molar-refractivity contribution < 1.29 is 19.1 Å². The molecule has 13 heteroatoms. The van der Waals surface area contributed by atoms with Gasteiger partial charge in [0.1, 0.15) is 28.6 Å². The summed E-state index contributed by atoms with van der Waals surface area (Å²) in [6.45, 7) is -0.172. The van der Waals surface area contributed by atoms with Gasteiger partial charge >= 0.3 is 11.7 Å². The molecular weight excluding hydrogens is 439 g/mol. The summed E-state index contributed by atoms with van der Waals surface area (Å²) in [5, 5.41) is 14.5. The van der Waals surface area contributed by atoms with Crippen LogP contribution in [-0.4, -0.2) is 31.4 Å². The highest BCUT2D eigenvalue weighted by atomic mass is 19.1. The van der Waals surface area contributed by atoms with Gasteiger partial charge in [0.15, 0.2) is 5.65 Å². The Labute approximate surface area is 182 Å². The van der Waals surface area contributed by atoms with Crippen molar-refractivity contribution in [2.24, 2.45) is 0 Å². The van der Waals surface area contributed by atoms with Crippen LogP contribution in [0.4, 0.5) is 15.8 Å². The molecule has 2 aromatic carbocycles. The quantitative estimate of drug-likeness (QED) is 0.231. The number of amides is 1. The van der Waals surface area contributed by atoms with Crippen LogP contribution < -0.4 is 32.9 Å². The van der Waals surface area contributed by atoms with Gasteiger partial charge in [0, 0.05) is 30.9 Å². The minimum absolute atomic E-state index is 0.0437. The number of carboxylic acid groups (broad SMARTS) is 1. The van der Waals surface area contributed by atoms with E-state index in [1.165, 1.54) is 24.4 Å². The summed E-state index contributed by atoms with van der Waals surface area (Å²) in [4.78, 5) is 64.6. The van der Waals surface area contributed by atoms with E-state index in [-0.39, 0.29) is 41.4 Å². The second-order valence-electron chi connectivity index (χ2n) is 7.03. The maximum absolute atomic E-state index is 14.1. The van der Waals surface area contributed by atoms with Crippen LogP contribution >= 0.6 is 0 Å². The van der Waals surface area contributed by atoms with E-state index in [2.05, 4.69) is 20.6 Å². The summed E-state index contributed by atoms with van der Waals surface area (Å²) in [6, 6.07) is 5.00. The van der Waals surface area contributed by atoms with Crippen LogP contribution in [0.25, 0.3) is 5.65 Å². The normalized spacial score (nSPS) is 11.1. The van der Waals surface area contributed by atoms with Gasteiger partial charge < -0.3 is 26.5 Å². The summed E-state index contributed by atoms with van der Waals surface area (Å²) in [5.41, 5.74) is 2.82. The number of fused-ring (bicyclic) bond motifs is 1. The fourth-order valence-corrected chi connectivity index (χ4v) is 3.21. The zero-order valence-electron chi connectivity index (χ0n) is 16.6. The van der Waals surface area contributed by atoms with E-state index < -0.39 is 39.9 Å². The molecule has 0 atom stereocenters. The van der Waals surface area contributed by atoms with Crippen molar-refractivity contribution in [3.8, 4) is 0 Å². The highest BCUT2D eigenvalue weighted by Crippen LogP contribution is 2.15. The monoisotopic (exact) mass is 454 g/mol. The number of imidazole rings is 1. The van der Waals surface area contributed by atoms with Crippen LogP contribution in [0.2, 0.25) is 0 Å². The molecule has 2 heterocycles. The van der Waals surface area contributed by atoms with Crippen LogP contribution in [0, 0.1) is 5.82 Å². The number of aromatic amines is 1. The molecule has 0 aliphatic rings. The van der Waals surface area contributed by atoms with E-state index in [1.807, 2.05) is 0 Å². The summed E-state index contributed by atoms with van der Waals surface area (Å²) < 4.78 is 14.9. The van der Waals surface area contributed by atoms with Crippen molar-refractivity contribution in [1.82, 2.24) is 19.7 Å². The number of aromatic carboxylic acids is 1.